The van der Waals surface area contributed by atoms with Crippen molar-refractivity contribution in [3.63, 3.8) is 0 Å². The number of nitrogens with one attached hydrogen (secondary N) is 1. The average molecular weight is 231 g/mol. The second kappa shape index (κ2) is 5.08. The molecule has 0 bridgehead atoms. The Morgan fingerprint density at radius 3 is 3.25 bits per heavy atom. The van der Waals surface area contributed by atoms with Crippen LogP contribution < -0.4 is 11.3 Å². The summed E-state index contributed by atoms with van der Waals surface area (Å²) in [5.74, 6) is 8.14. The molecule has 1 atom stereocenters. The number of hydrazine groups is 1. The summed E-state index contributed by atoms with van der Waals surface area (Å²) in [5.41, 5.74) is 4.90. The molecule has 2 aromatic rings. The maximum Gasteiger partial charge on any atom is 0.0809 e. The number of fused-ring (bicyclic) bond motifs is 1. The first-order chi connectivity index (χ1) is 7.85. The molecule has 2 rings (SSSR count). The van der Waals surface area contributed by atoms with E-state index in [0.29, 0.717) is 6.42 Å². The normalized spacial score (nSPS) is 12.5. The molecule has 0 spiro atoms. The van der Waals surface area contributed by atoms with Crippen molar-refractivity contribution >= 4 is 21.6 Å². The summed E-state index contributed by atoms with van der Waals surface area (Å²) in [6.45, 7) is 0. The highest BCUT2D eigenvalue weighted by Crippen LogP contribution is 2.24. The minimum atomic E-state index is 0.0787. The summed E-state index contributed by atoms with van der Waals surface area (Å²) in [7, 11) is 0. The highest BCUT2D eigenvalue weighted by Gasteiger charge is 2.10. The highest BCUT2D eigenvalue weighted by molar-refractivity contribution is 7.17. The smallest absolute Gasteiger partial charge is 0.0809 e. The Morgan fingerprint density at radius 1 is 1.62 bits per heavy atom. The van der Waals surface area contributed by atoms with Crippen LogP contribution in [0.25, 0.3) is 10.2 Å². The first-order valence-electron chi connectivity index (χ1n) is 5.08. The van der Waals surface area contributed by atoms with Crippen molar-refractivity contribution in [2.24, 2.45) is 5.84 Å². The summed E-state index contributed by atoms with van der Waals surface area (Å²) in [6.07, 6.45) is 8.64. The van der Waals surface area contributed by atoms with E-state index in [0.717, 1.165) is 17.5 Å². The zero-order valence-corrected chi connectivity index (χ0v) is 9.63. The van der Waals surface area contributed by atoms with Crippen molar-refractivity contribution in [2.75, 3.05) is 0 Å². The number of pyridine rings is 1. The molecule has 0 aliphatic heterocycles. The lowest BCUT2D eigenvalue weighted by Crippen LogP contribution is -2.27. The third-order valence-electron chi connectivity index (χ3n) is 2.50. The molecule has 0 aliphatic carbocycles. The quantitative estimate of drug-likeness (QED) is 0.482. The Morgan fingerprint density at radius 2 is 2.50 bits per heavy atom. The highest BCUT2D eigenvalue weighted by atomic mass is 32.1. The molecule has 0 saturated carbocycles. The van der Waals surface area contributed by atoms with Crippen molar-refractivity contribution in [3.8, 4) is 12.3 Å². The zero-order valence-electron chi connectivity index (χ0n) is 8.81. The molecule has 0 fully saturated rings. The third-order valence-corrected chi connectivity index (χ3v) is 3.36. The van der Waals surface area contributed by atoms with Gasteiger partial charge >= 0.3 is 0 Å². The number of hydrogen-bond acceptors (Lipinski definition) is 4. The standard InChI is InChI=1S/C12H13N3S/c1-2-3-4-10(15-13)9-7-12-11(14-8-9)5-6-16-12/h1,5-8,10,15H,3-4,13H2. The molecule has 2 aromatic heterocycles. The van der Waals surface area contributed by atoms with Crippen LogP contribution in [0.4, 0.5) is 0 Å². The lowest BCUT2D eigenvalue weighted by Gasteiger charge is -2.14. The van der Waals surface area contributed by atoms with Gasteiger partial charge in [0.05, 0.1) is 10.2 Å². The summed E-state index contributed by atoms with van der Waals surface area (Å²) < 4.78 is 1.18. The summed E-state index contributed by atoms with van der Waals surface area (Å²) in [5, 5.41) is 2.04. The van der Waals surface area contributed by atoms with Crippen LogP contribution in [0.2, 0.25) is 0 Å². The van der Waals surface area contributed by atoms with Crippen molar-refractivity contribution in [1.29, 1.82) is 0 Å². The molecule has 1 unspecified atom stereocenters. The lowest BCUT2D eigenvalue weighted by atomic mass is 10.0. The van der Waals surface area contributed by atoms with Gasteiger partial charge in [-0.25, -0.2) is 0 Å². The lowest BCUT2D eigenvalue weighted by molar-refractivity contribution is 0.523. The van der Waals surface area contributed by atoms with Crippen LogP contribution >= 0.6 is 11.3 Å². The van der Waals surface area contributed by atoms with E-state index in [1.54, 1.807) is 11.3 Å². The van der Waals surface area contributed by atoms with Gasteiger partial charge in [-0.2, -0.15) is 0 Å². The molecule has 2 heterocycles. The SMILES string of the molecule is C#CCCC(NN)c1cnc2ccsc2c1. The monoisotopic (exact) mass is 231 g/mol. The fourth-order valence-electron chi connectivity index (χ4n) is 1.63. The van der Waals surface area contributed by atoms with Gasteiger partial charge in [-0.15, -0.1) is 23.7 Å². The van der Waals surface area contributed by atoms with Gasteiger partial charge in [-0.1, -0.05) is 0 Å². The van der Waals surface area contributed by atoms with Crippen LogP contribution in [0.3, 0.4) is 0 Å². The predicted octanol–water partition coefficient (Wildman–Crippen LogP) is 2.21. The van der Waals surface area contributed by atoms with Crippen LogP contribution in [0.1, 0.15) is 24.4 Å². The second-order valence-corrected chi connectivity index (χ2v) is 4.48. The van der Waals surface area contributed by atoms with Gasteiger partial charge in [0.1, 0.15) is 0 Å². The van der Waals surface area contributed by atoms with E-state index in [9.17, 15) is 0 Å². The molecule has 0 aliphatic rings. The van der Waals surface area contributed by atoms with Crippen LogP contribution in [-0.2, 0) is 0 Å². The number of aromatic nitrogens is 1. The molecule has 3 nitrogen and oxygen atoms in total. The van der Waals surface area contributed by atoms with Gasteiger partial charge < -0.3 is 0 Å². The van der Waals surface area contributed by atoms with E-state index in [-0.39, 0.29) is 6.04 Å². The predicted molar refractivity (Wildman–Crippen MR) is 67.8 cm³/mol. The van der Waals surface area contributed by atoms with E-state index in [1.165, 1.54) is 4.70 Å². The number of nitrogens with zero attached hydrogens (tertiary/aromatic N) is 1. The number of terminal acetylenes is 1. The van der Waals surface area contributed by atoms with E-state index in [1.807, 2.05) is 17.6 Å². The third kappa shape index (κ3) is 2.22. The Bertz CT molecular complexity index is 512. The molecule has 16 heavy (non-hydrogen) atoms. The summed E-state index contributed by atoms with van der Waals surface area (Å²) in [4.78, 5) is 4.38. The van der Waals surface area contributed by atoms with Gasteiger partial charge in [0, 0.05) is 18.7 Å². The Kier molecular flexibility index (Phi) is 3.52. The van der Waals surface area contributed by atoms with E-state index in [4.69, 9.17) is 12.3 Å². The average Bonchev–Trinajstić information content (AvgIpc) is 2.77. The molecular weight excluding hydrogens is 218 g/mol. The summed E-state index contributed by atoms with van der Waals surface area (Å²) in [6, 6.07) is 4.21. The largest absolute Gasteiger partial charge is 0.271 e. The molecule has 0 saturated heterocycles. The van der Waals surface area contributed by atoms with Crippen LogP contribution in [0, 0.1) is 12.3 Å². The van der Waals surface area contributed by atoms with Crippen LogP contribution in [0.15, 0.2) is 23.7 Å². The first kappa shape index (κ1) is 11.1. The van der Waals surface area contributed by atoms with Crippen molar-refractivity contribution < 1.29 is 0 Å². The van der Waals surface area contributed by atoms with Gasteiger partial charge in [-0.05, 0) is 29.5 Å². The molecule has 0 radical (unpaired) electrons. The van der Waals surface area contributed by atoms with E-state index in [2.05, 4.69) is 22.4 Å². The van der Waals surface area contributed by atoms with Crippen LogP contribution in [-0.4, -0.2) is 4.98 Å². The van der Waals surface area contributed by atoms with Gasteiger partial charge in [0.25, 0.3) is 0 Å². The number of nitrogens with two attached hydrogens (primary N) is 1. The van der Waals surface area contributed by atoms with E-state index < -0.39 is 0 Å². The van der Waals surface area contributed by atoms with Gasteiger partial charge in [0.2, 0.25) is 0 Å². The van der Waals surface area contributed by atoms with Crippen molar-refractivity contribution in [2.45, 2.75) is 18.9 Å². The Balaban J connectivity index is 2.26. The fourth-order valence-corrected chi connectivity index (χ4v) is 2.42. The topological polar surface area (TPSA) is 50.9 Å². The second-order valence-electron chi connectivity index (χ2n) is 3.53. The maximum absolute atomic E-state index is 5.52. The minimum absolute atomic E-state index is 0.0787. The number of hydrogen-bond donors (Lipinski definition) is 2. The van der Waals surface area contributed by atoms with Crippen molar-refractivity contribution in [3.05, 3.63) is 29.3 Å². The Labute approximate surface area is 98.7 Å². The molecule has 0 aromatic carbocycles. The molecule has 82 valence electrons. The van der Waals surface area contributed by atoms with Crippen molar-refractivity contribution in [1.82, 2.24) is 10.4 Å². The van der Waals surface area contributed by atoms with Gasteiger partial charge in [-0.3, -0.25) is 16.3 Å². The number of thiophene rings is 1. The van der Waals surface area contributed by atoms with E-state index >= 15 is 0 Å². The maximum atomic E-state index is 5.52. The molecule has 4 heteroatoms. The minimum Gasteiger partial charge on any atom is -0.271 e. The molecule has 3 N–H and O–H groups in total. The Hall–Kier alpha value is -1.41. The van der Waals surface area contributed by atoms with Crippen LogP contribution in [0.5, 0.6) is 0 Å². The number of rotatable bonds is 4. The zero-order chi connectivity index (χ0) is 11.4. The van der Waals surface area contributed by atoms with Gasteiger partial charge in [0.15, 0.2) is 0 Å². The molecule has 0 amide bonds. The summed E-state index contributed by atoms with van der Waals surface area (Å²) >= 11 is 1.68. The first-order valence-corrected chi connectivity index (χ1v) is 5.96. The fraction of sp³-hybridized carbons (Fsp3) is 0.250. The molecular formula is C12H13N3S.